The maximum atomic E-state index is 6.27. The van der Waals surface area contributed by atoms with Crippen LogP contribution in [0.15, 0.2) is 28.8 Å². The van der Waals surface area contributed by atoms with Gasteiger partial charge in [-0.1, -0.05) is 28.9 Å². The molecule has 7 heteroatoms. The van der Waals surface area contributed by atoms with Crippen LogP contribution >= 0.6 is 11.6 Å². The van der Waals surface area contributed by atoms with E-state index in [4.69, 9.17) is 21.9 Å². The number of nitrogens with zero attached hydrogens (tertiary/aromatic N) is 4. The fraction of sp³-hybridized carbons (Fsp3) is 0.500. The van der Waals surface area contributed by atoms with Crippen LogP contribution in [0.2, 0.25) is 5.02 Å². The molecule has 23 heavy (non-hydrogen) atoms. The molecule has 1 aliphatic heterocycles. The maximum Gasteiger partial charge on any atom is 0.240 e. The Morgan fingerprint density at radius 1 is 1.22 bits per heavy atom. The Morgan fingerprint density at radius 3 is 2.52 bits per heavy atom. The topological polar surface area (TPSA) is 71.4 Å². The number of benzene rings is 1. The second-order valence-corrected chi connectivity index (χ2v) is 6.86. The molecule has 3 rings (SSSR count). The van der Waals surface area contributed by atoms with E-state index >= 15 is 0 Å². The summed E-state index contributed by atoms with van der Waals surface area (Å²) in [4.78, 5) is 8.99. The van der Waals surface area contributed by atoms with Crippen LogP contribution in [0.25, 0.3) is 0 Å². The van der Waals surface area contributed by atoms with Gasteiger partial charge in [-0.15, -0.1) is 0 Å². The van der Waals surface area contributed by atoms with Crippen LogP contribution in [0.1, 0.15) is 25.6 Å². The summed E-state index contributed by atoms with van der Waals surface area (Å²) >= 11 is 6.27. The van der Waals surface area contributed by atoms with Crippen molar-refractivity contribution in [2.75, 3.05) is 31.1 Å². The van der Waals surface area contributed by atoms with Gasteiger partial charge in [0.1, 0.15) is 0 Å². The summed E-state index contributed by atoms with van der Waals surface area (Å²) in [5, 5.41) is 4.76. The second-order valence-electron chi connectivity index (χ2n) is 6.45. The van der Waals surface area contributed by atoms with E-state index < -0.39 is 5.54 Å². The Bertz CT molecular complexity index is 658. The van der Waals surface area contributed by atoms with E-state index in [0.717, 1.165) is 36.9 Å². The predicted octanol–water partition coefficient (Wildman–Crippen LogP) is 2.24. The van der Waals surface area contributed by atoms with Gasteiger partial charge >= 0.3 is 0 Å². The molecule has 1 aromatic carbocycles. The molecule has 6 nitrogen and oxygen atoms in total. The number of aromatic nitrogens is 2. The highest BCUT2D eigenvalue weighted by Gasteiger charge is 2.24. The molecule has 0 spiro atoms. The van der Waals surface area contributed by atoms with Gasteiger partial charge in [-0.2, -0.15) is 4.98 Å². The first kappa shape index (κ1) is 16.2. The molecule has 2 heterocycles. The Kier molecular flexibility index (Phi) is 4.57. The third-order valence-electron chi connectivity index (χ3n) is 3.97. The zero-order valence-corrected chi connectivity index (χ0v) is 14.3. The number of piperazine rings is 1. The van der Waals surface area contributed by atoms with Crippen LogP contribution in [-0.2, 0) is 12.1 Å². The Morgan fingerprint density at radius 2 is 1.91 bits per heavy atom. The summed E-state index contributed by atoms with van der Waals surface area (Å²) in [6, 6.07) is 7.96. The molecule has 2 aromatic rings. The van der Waals surface area contributed by atoms with Crippen molar-refractivity contribution in [3.05, 3.63) is 41.0 Å². The van der Waals surface area contributed by atoms with Crippen molar-refractivity contribution in [2.45, 2.75) is 25.9 Å². The third-order valence-corrected chi connectivity index (χ3v) is 4.29. The molecule has 0 bridgehead atoms. The zero-order chi connectivity index (χ0) is 16.4. The van der Waals surface area contributed by atoms with Crippen molar-refractivity contribution >= 4 is 17.3 Å². The smallest absolute Gasteiger partial charge is 0.240 e. The van der Waals surface area contributed by atoms with Gasteiger partial charge in [0, 0.05) is 26.2 Å². The van der Waals surface area contributed by atoms with Gasteiger partial charge in [-0.25, -0.2) is 0 Å². The number of nitrogens with two attached hydrogens (primary N) is 1. The van der Waals surface area contributed by atoms with E-state index in [9.17, 15) is 0 Å². The molecular weight excluding hydrogens is 314 g/mol. The minimum absolute atomic E-state index is 0.544. The highest BCUT2D eigenvalue weighted by molar-refractivity contribution is 6.33. The quantitative estimate of drug-likeness (QED) is 0.924. The summed E-state index contributed by atoms with van der Waals surface area (Å²) in [7, 11) is 0. The van der Waals surface area contributed by atoms with Crippen LogP contribution in [0.3, 0.4) is 0 Å². The molecule has 1 fully saturated rings. The van der Waals surface area contributed by atoms with Gasteiger partial charge in [0.25, 0.3) is 0 Å². The maximum absolute atomic E-state index is 6.27. The van der Waals surface area contributed by atoms with Crippen molar-refractivity contribution in [3.8, 4) is 0 Å². The molecule has 0 atom stereocenters. The lowest BCUT2D eigenvalue weighted by molar-refractivity contribution is 0.215. The van der Waals surface area contributed by atoms with E-state index in [1.54, 1.807) is 0 Å². The van der Waals surface area contributed by atoms with Gasteiger partial charge in [0.15, 0.2) is 5.82 Å². The Labute approximate surface area is 141 Å². The fourth-order valence-corrected chi connectivity index (χ4v) is 2.88. The van der Waals surface area contributed by atoms with Crippen molar-refractivity contribution in [1.29, 1.82) is 0 Å². The van der Waals surface area contributed by atoms with Crippen LogP contribution in [0, 0.1) is 0 Å². The van der Waals surface area contributed by atoms with Gasteiger partial charge in [-0.05, 0) is 26.0 Å². The normalized spacial score (nSPS) is 16.8. The molecule has 0 radical (unpaired) electrons. The fourth-order valence-electron chi connectivity index (χ4n) is 2.63. The molecule has 0 saturated carbocycles. The first-order valence-corrected chi connectivity index (χ1v) is 8.15. The largest absolute Gasteiger partial charge is 0.368 e. The first-order valence-electron chi connectivity index (χ1n) is 7.77. The Balaban J connectivity index is 1.57. The average molecular weight is 336 g/mol. The van der Waals surface area contributed by atoms with Crippen LogP contribution in [0.5, 0.6) is 0 Å². The number of anilines is 1. The van der Waals surface area contributed by atoms with E-state index in [0.29, 0.717) is 18.3 Å². The molecule has 0 amide bonds. The minimum Gasteiger partial charge on any atom is -0.368 e. The summed E-state index contributed by atoms with van der Waals surface area (Å²) < 4.78 is 5.31. The zero-order valence-electron chi connectivity index (χ0n) is 13.5. The monoisotopic (exact) mass is 335 g/mol. The molecule has 2 N–H and O–H groups in total. The number of rotatable bonds is 4. The van der Waals surface area contributed by atoms with Crippen LogP contribution < -0.4 is 10.6 Å². The summed E-state index contributed by atoms with van der Waals surface area (Å²) in [6.07, 6.45) is 0. The highest BCUT2D eigenvalue weighted by Crippen LogP contribution is 2.26. The molecule has 1 aliphatic rings. The number of hydrogen-bond acceptors (Lipinski definition) is 6. The first-order chi connectivity index (χ1) is 10.9. The van der Waals surface area contributed by atoms with E-state index in [1.807, 2.05) is 32.0 Å². The van der Waals surface area contributed by atoms with Crippen molar-refractivity contribution < 1.29 is 4.52 Å². The van der Waals surface area contributed by atoms with E-state index in [-0.39, 0.29) is 0 Å². The molecule has 124 valence electrons. The van der Waals surface area contributed by atoms with Gasteiger partial charge in [0.05, 0.1) is 22.8 Å². The standard InChI is InChI=1S/C16H22ClN5O/c1-16(2,18)15-19-14(23-20-15)11-21-7-9-22(10-8-21)13-6-4-3-5-12(13)17/h3-6H,7-11,18H2,1-2H3. The predicted molar refractivity (Wildman–Crippen MR) is 90.5 cm³/mol. The number of hydrogen-bond donors (Lipinski definition) is 1. The van der Waals surface area contributed by atoms with E-state index in [1.165, 1.54) is 0 Å². The van der Waals surface area contributed by atoms with Crippen LogP contribution in [-0.4, -0.2) is 41.2 Å². The third kappa shape index (κ3) is 3.83. The molecule has 0 unspecified atom stereocenters. The van der Waals surface area contributed by atoms with Gasteiger partial charge < -0.3 is 15.2 Å². The van der Waals surface area contributed by atoms with Crippen LogP contribution in [0.4, 0.5) is 5.69 Å². The summed E-state index contributed by atoms with van der Waals surface area (Å²) in [6.45, 7) is 8.08. The lowest BCUT2D eigenvalue weighted by Gasteiger charge is -2.35. The average Bonchev–Trinajstić information content (AvgIpc) is 2.97. The summed E-state index contributed by atoms with van der Waals surface area (Å²) in [5.74, 6) is 1.16. The molecule has 1 saturated heterocycles. The van der Waals surface area contributed by atoms with Crippen molar-refractivity contribution in [3.63, 3.8) is 0 Å². The molecule has 0 aliphatic carbocycles. The van der Waals surface area contributed by atoms with Gasteiger partial charge in [-0.3, -0.25) is 4.90 Å². The SMILES string of the molecule is CC(C)(N)c1noc(CN2CCN(c3ccccc3Cl)CC2)n1. The molecule has 1 aromatic heterocycles. The van der Waals surface area contributed by atoms with Gasteiger partial charge in [0.2, 0.25) is 5.89 Å². The summed E-state index contributed by atoms with van der Waals surface area (Å²) in [5.41, 5.74) is 6.50. The minimum atomic E-state index is -0.579. The molecular formula is C16H22ClN5O. The van der Waals surface area contributed by atoms with Crippen molar-refractivity contribution in [1.82, 2.24) is 15.0 Å². The Hall–Kier alpha value is -1.63. The number of para-hydroxylation sites is 1. The highest BCUT2D eigenvalue weighted by atomic mass is 35.5. The van der Waals surface area contributed by atoms with E-state index in [2.05, 4.69) is 26.0 Å². The lowest BCUT2D eigenvalue weighted by Crippen LogP contribution is -2.46. The lowest BCUT2D eigenvalue weighted by atomic mass is 10.1. The second kappa shape index (κ2) is 6.47. The van der Waals surface area contributed by atoms with Crippen molar-refractivity contribution in [2.24, 2.45) is 5.73 Å². The number of halogens is 1.